The minimum atomic E-state index is 0.250. The van der Waals surface area contributed by atoms with Crippen molar-refractivity contribution in [2.75, 3.05) is 6.54 Å². The normalized spacial score (nSPS) is 34.6. The Hall–Kier alpha value is -1.35. The van der Waals surface area contributed by atoms with Gasteiger partial charge in [-0.25, -0.2) is 0 Å². The molecule has 4 rings (SSSR count). The molecule has 0 saturated carbocycles. The van der Waals surface area contributed by atoms with E-state index in [1.165, 1.54) is 18.4 Å². The number of carbonyl (C=O) groups excluding carboxylic acids is 1. The van der Waals surface area contributed by atoms with E-state index >= 15 is 0 Å². The molecule has 4 unspecified atom stereocenters. The summed E-state index contributed by atoms with van der Waals surface area (Å²) in [7, 11) is 0. The van der Waals surface area contributed by atoms with Gasteiger partial charge in [-0.1, -0.05) is 30.3 Å². The Balaban J connectivity index is 1.45. The van der Waals surface area contributed by atoms with Crippen LogP contribution in [-0.2, 0) is 11.2 Å². The predicted octanol–water partition coefficient (Wildman–Crippen LogP) is 2.36. The van der Waals surface area contributed by atoms with Gasteiger partial charge in [0.05, 0.1) is 5.92 Å². The summed E-state index contributed by atoms with van der Waals surface area (Å²) in [6, 6.07) is 12.1. The van der Waals surface area contributed by atoms with E-state index < -0.39 is 0 Å². The van der Waals surface area contributed by atoms with E-state index in [0.29, 0.717) is 24.0 Å². The van der Waals surface area contributed by atoms with Gasteiger partial charge in [0.1, 0.15) is 0 Å². The summed E-state index contributed by atoms with van der Waals surface area (Å²) in [6.45, 7) is 0.963. The van der Waals surface area contributed by atoms with Crippen molar-refractivity contribution in [3.63, 3.8) is 0 Å². The number of fused-ring (bicyclic) bond motifs is 2. The minimum absolute atomic E-state index is 0.250. The van der Waals surface area contributed by atoms with Crippen LogP contribution in [0.4, 0.5) is 0 Å². The fourth-order valence-corrected chi connectivity index (χ4v) is 4.53. The first kappa shape index (κ1) is 13.3. The van der Waals surface area contributed by atoms with Crippen molar-refractivity contribution in [2.45, 2.75) is 56.7 Å². The molecule has 0 aliphatic carbocycles. The van der Waals surface area contributed by atoms with Gasteiger partial charge in [-0.05, 0) is 44.1 Å². The Bertz CT molecular complexity index is 515. The maximum atomic E-state index is 12.9. The van der Waals surface area contributed by atoms with Crippen LogP contribution in [0.3, 0.4) is 0 Å². The number of hydrogen-bond donors (Lipinski definition) is 1. The Morgan fingerprint density at radius 3 is 2.76 bits per heavy atom. The number of likely N-dealkylation sites (tertiary alicyclic amines) is 1. The van der Waals surface area contributed by atoms with Crippen LogP contribution < -0.4 is 5.32 Å². The van der Waals surface area contributed by atoms with E-state index in [2.05, 4.69) is 40.5 Å². The largest absolute Gasteiger partial charge is 0.339 e. The first-order valence-electron chi connectivity index (χ1n) is 8.42. The third-order valence-electron chi connectivity index (χ3n) is 5.59. The minimum Gasteiger partial charge on any atom is -0.339 e. The van der Waals surface area contributed by atoms with E-state index in [9.17, 15) is 4.79 Å². The number of nitrogens with zero attached hydrogens (tertiary/aromatic N) is 1. The van der Waals surface area contributed by atoms with Crippen molar-refractivity contribution in [3.05, 3.63) is 35.9 Å². The highest BCUT2D eigenvalue weighted by Gasteiger charge is 2.45. The van der Waals surface area contributed by atoms with Crippen LogP contribution in [0.5, 0.6) is 0 Å². The van der Waals surface area contributed by atoms with Crippen molar-refractivity contribution in [1.82, 2.24) is 10.2 Å². The highest BCUT2D eigenvalue weighted by atomic mass is 16.2. The van der Waals surface area contributed by atoms with Gasteiger partial charge >= 0.3 is 0 Å². The first-order valence-corrected chi connectivity index (χ1v) is 8.42. The van der Waals surface area contributed by atoms with E-state index in [0.717, 1.165) is 32.2 Å². The molecule has 112 valence electrons. The monoisotopic (exact) mass is 284 g/mol. The number of hydrogen-bond acceptors (Lipinski definition) is 2. The summed E-state index contributed by atoms with van der Waals surface area (Å²) in [5, 5.41) is 3.60. The average Bonchev–Trinajstić information content (AvgIpc) is 3.24. The highest BCUT2D eigenvalue weighted by molar-refractivity contribution is 5.81. The Kier molecular flexibility index (Phi) is 3.46. The second kappa shape index (κ2) is 5.45. The molecule has 3 heteroatoms. The lowest BCUT2D eigenvalue weighted by molar-refractivity contribution is -0.137. The Labute approximate surface area is 126 Å². The second-order valence-corrected chi connectivity index (χ2v) is 6.91. The fraction of sp³-hybridized carbons (Fsp3) is 0.611. The van der Waals surface area contributed by atoms with Gasteiger partial charge < -0.3 is 10.2 Å². The first-order chi connectivity index (χ1) is 10.3. The molecule has 4 atom stereocenters. The predicted molar refractivity (Wildman–Crippen MR) is 82.9 cm³/mol. The number of benzene rings is 1. The molecule has 0 radical (unpaired) electrons. The van der Waals surface area contributed by atoms with Crippen molar-refractivity contribution in [1.29, 1.82) is 0 Å². The van der Waals surface area contributed by atoms with Crippen LogP contribution in [0.25, 0.3) is 0 Å². The molecule has 1 N–H and O–H groups in total. The molecule has 0 aromatic heterocycles. The zero-order valence-corrected chi connectivity index (χ0v) is 12.5. The molecular formula is C18H24N2O. The molecule has 21 heavy (non-hydrogen) atoms. The summed E-state index contributed by atoms with van der Waals surface area (Å²) in [5.74, 6) is 0.674. The summed E-state index contributed by atoms with van der Waals surface area (Å²) in [5.41, 5.74) is 1.35. The third kappa shape index (κ3) is 2.48. The van der Waals surface area contributed by atoms with Gasteiger partial charge in [0.2, 0.25) is 5.91 Å². The summed E-state index contributed by atoms with van der Waals surface area (Å²) >= 11 is 0. The van der Waals surface area contributed by atoms with Crippen molar-refractivity contribution in [3.8, 4) is 0 Å². The quantitative estimate of drug-likeness (QED) is 0.924. The maximum Gasteiger partial charge on any atom is 0.227 e. The highest BCUT2D eigenvalue weighted by Crippen LogP contribution is 2.36. The van der Waals surface area contributed by atoms with Crippen molar-refractivity contribution >= 4 is 5.91 Å². The molecular weight excluding hydrogens is 260 g/mol. The van der Waals surface area contributed by atoms with E-state index in [1.807, 2.05) is 0 Å². The SMILES string of the molecule is O=C(C1CC2CCC1N2)N1CCCC1Cc1ccccc1. The molecule has 1 aromatic carbocycles. The fourth-order valence-electron chi connectivity index (χ4n) is 4.53. The van der Waals surface area contributed by atoms with E-state index in [-0.39, 0.29) is 5.92 Å². The topological polar surface area (TPSA) is 32.3 Å². The van der Waals surface area contributed by atoms with Gasteiger partial charge in [0.15, 0.2) is 0 Å². The number of carbonyl (C=O) groups is 1. The molecule has 3 heterocycles. The molecule has 3 fully saturated rings. The summed E-state index contributed by atoms with van der Waals surface area (Å²) < 4.78 is 0. The zero-order chi connectivity index (χ0) is 14.2. The summed E-state index contributed by atoms with van der Waals surface area (Å²) in [6.07, 6.45) is 6.87. The van der Waals surface area contributed by atoms with Crippen LogP contribution in [0.2, 0.25) is 0 Å². The Morgan fingerprint density at radius 1 is 1.19 bits per heavy atom. The number of rotatable bonds is 3. The lowest BCUT2D eigenvalue weighted by Gasteiger charge is -2.30. The van der Waals surface area contributed by atoms with Crippen LogP contribution >= 0.6 is 0 Å². The van der Waals surface area contributed by atoms with Crippen LogP contribution in [0.15, 0.2) is 30.3 Å². The molecule has 2 bridgehead atoms. The van der Waals surface area contributed by atoms with Crippen molar-refractivity contribution in [2.24, 2.45) is 5.92 Å². The number of amides is 1. The van der Waals surface area contributed by atoms with E-state index in [1.54, 1.807) is 0 Å². The molecule has 3 aliphatic rings. The van der Waals surface area contributed by atoms with Crippen LogP contribution in [0.1, 0.15) is 37.7 Å². The zero-order valence-electron chi connectivity index (χ0n) is 12.5. The summed E-state index contributed by atoms with van der Waals surface area (Å²) in [4.78, 5) is 15.1. The lowest BCUT2D eigenvalue weighted by Crippen LogP contribution is -2.44. The average molecular weight is 284 g/mol. The van der Waals surface area contributed by atoms with Gasteiger partial charge in [-0.2, -0.15) is 0 Å². The smallest absolute Gasteiger partial charge is 0.227 e. The standard InChI is InChI=1S/C18H24N2O/c21-18(16-12-14-8-9-17(16)19-14)20-10-4-7-15(20)11-13-5-2-1-3-6-13/h1-3,5-6,14-17,19H,4,7-12H2. The molecule has 3 saturated heterocycles. The van der Waals surface area contributed by atoms with E-state index in [4.69, 9.17) is 0 Å². The lowest BCUT2D eigenvalue weighted by atomic mass is 9.88. The molecule has 3 aliphatic heterocycles. The van der Waals surface area contributed by atoms with Gasteiger partial charge in [-0.3, -0.25) is 4.79 Å². The van der Waals surface area contributed by atoms with Crippen LogP contribution in [0, 0.1) is 5.92 Å². The van der Waals surface area contributed by atoms with Crippen molar-refractivity contribution < 1.29 is 4.79 Å². The van der Waals surface area contributed by atoms with Gasteiger partial charge in [0.25, 0.3) is 0 Å². The number of nitrogens with one attached hydrogen (secondary N) is 1. The second-order valence-electron chi connectivity index (χ2n) is 6.91. The van der Waals surface area contributed by atoms with Gasteiger partial charge in [0, 0.05) is 24.7 Å². The van der Waals surface area contributed by atoms with Crippen LogP contribution in [-0.4, -0.2) is 35.5 Å². The molecule has 0 spiro atoms. The Morgan fingerprint density at radius 2 is 2.05 bits per heavy atom. The molecule has 1 aromatic rings. The molecule has 3 nitrogen and oxygen atoms in total. The molecule has 1 amide bonds. The maximum absolute atomic E-state index is 12.9. The van der Waals surface area contributed by atoms with Gasteiger partial charge in [-0.15, -0.1) is 0 Å². The third-order valence-corrected chi connectivity index (χ3v) is 5.59.